The Hall–Kier alpha value is -3.28. The van der Waals surface area contributed by atoms with E-state index in [2.05, 4.69) is 5.32 Å². The summed E-state index contributed by atoms with van der Waals surface area (Å²) in [7, 11) is -4.53. The molecule has 1 saturated carbocycles. The third-order valence-corrected chi connectivity index (χ3v) is 10.3. The van der Waals surface area contributed by atoms with Crippen LogP contribution in [0.2, 0.25) is 10.0 Å². The Bertz CT molecular complexity index is 1600. The highest BCUT2D eigenvalue weighted by Gasteiger charge is 2.36. The monoisotopic (exact) mass is 683 g/mol. The molecule has 1 N–H and O–H groups in total. The first kappa shape index (κ1) is 34.6. The molecule has 3 aromatic carbocycles. The van der Waals surface area contributed by atoms with Gasteiger partial charge in [-0.15, -0.1) is 0 Å². The molecule has 2 amide bonds. The van der Waals surface area contributed by atoms with Crippen molar-refractivity contribution in [2.45, 2.75) is 75.1 Å². The summed E-state index contributed by atoms with van der Waals surface area (Å²) in [5.41, 5.74) is -0.902. The quantitative estimate of drug-likeness (QED) is 0.227. The smallest absolute Gasteiger partial charge is 0.352 e. The fraction of sp³-hybridized carbons (Fsp3) is 0.375. The average molecular weight is 685 g/mol. The number of hydrogen-bond donors (Lipinski definition) is 1. The molecule has 1 fully saturated rings. The molecule has 7 nitrogen and oxygen atoms in total. The van der Waals surface area contributed by atoms with E-state index in [1.807, 2.05) is 0 Å². The number of anilines is 1. The molecule has 1 atom stereocenters. The van der Waals surface area contributed by atoms with Crippen molar-refractivity contribution < 1.29 is 31.2 Å². The Morgan fingerprint density at radius 3 is 2.24 bits per heavy atom. The first-order valence-corrected chi connectivity index (χ1v) is 16.8. The predicted octanol–water partition coefficient (Wildman–Crippen LogP) is 7.46. The van der Waals surface area contributed by atoms with Crippen molar-refractivity contribution in [2.24, 2.45) is 0 Å². The molecular formula is C32H34Cl2F3N3O4S. The van der Waals surface area contributed by atoms with E-state index in [-0.39, 0.29) is 39.6 Å². The van der Waals surface area contributed by atoms with Crippen molar-refractivity contribution in [1.82, 2.24) is 10.2 Å². The SMILES string of the molecule is CC[C@H](C(=O)NC1CCCCC1)N(Cc1ccc(Cl)c(Cl)c1)C(=O)CN(c1cccc(C(F)(F)F)c1)S(=O)(=O)c1ccccc1. The van der Waals surface area contributed by atoms with Gasteiger partial charge in [0.05, 0.1) is 26.2 Å². The Morgan fingerprint density at radius 1 is 0.933 bits per heavy atom. The normalized spacial score (nSPS) is 14.9. The van der Waals surface area contributed by atoms with Crippen LogP contribution in [0, 0.1) is 0 Å². The van der Waals surface area contributed by atoms with Gasteiger partial charge < -0.3 is 10.2 Å². The second-order valence-corrected chi connectivity index (χ2v) is 13.6. The van der Waals surface area contributed by atoms with E-state index in [9.17, 15) is 31.2 Å². The van der Waals surface area contributed by atoms with Crippen molar-refractivity contribution in [1.29, 1.82) is 0 Å². The topological polar surface area (TPSA) is 86.8 Å². The van der Waals surface area contributed by atoms with Crippen LogP contribution in [0.4, 0.5) is 18.9 Å². The number of alkyl halides is 3. The summed E-state index contributed by atoms with van der Waals surface area (Å²) in [5.74, 6) is -1.18. The summed E-state index contributed by atoms with van der Waals surface area (Å²) in [6.07, 6.45) is 0.0665. The molecule has 242 valence electrons. The molecule has 0 aromatic heterocycles. The lowest BCUT2D eigenvalue weighted by molar-refractivity contribution is -0.140. The molecule has 4 rings (SSSR count). The van der Waals surface area contributed by atoms with E-state index in [1.54, 1.807) is 31.2 Å². The minimum absolute atomic E-state index is 0.0534. The number of hydrogen-bond acceptors (Lipinski definition) is 4. The van der Waals surface area contributed by atoms with E-state index in [0.717, 1.165) is 44.2 Å². The number of sulfonamides is 1. The second kappa shape index (κ2) is 14.9. The van der Waals surface area contributed by atoms with Gasteiger partial charge in [-0.2, -0.15) is 13.2 Å². The fourth-order valence-corrected chi connectivity index (χ4v) is 7.13. The van der Waals surface area contributed by atoms with Crippen LogP contribution in [-0.4, -0.2) is 43.8 Å². The molecule has 0 spiro atoms. The lowest BCUT2D eigenvalue weighted by Crippen LogP contribution is -2.54. The van der Waals surface area contributed by atoms with Crippen molar-refractivity contribution in [3.63, 3.8) is 0 Å². The van der Waals surface area contributed by atoms with Gasteiger partial charge in [-0.1, -0.05) is 79.7 Å². The van der Waals surface area contributed by atoms with E-state index in [1.165, 1.54) is 35.2 Å². The van der Waals surface area contributed by atoms with Gasteiger partial charge in [0.15, 0.2) is 0 Å². The number of rotatable bonds is 11. The highest BCUT2D eigenvalue weighted by atomic mass is 35.5. The highest BCUT2D eigenvalue weighted by Crippen LogP contribution is 2.33. The Balaban J connectivity index is 1.75. The number of nitrogens with zero attached hydrogens (tertiary/aromatic N) is 2. The van der Waals surface area contributed by atoms with Crippen LogP contribution in [0.25, 0.3) is 0 Å². The van der Waals surface area contributed by atoms with Crippen LogP contribution in [0.15, 0.2) is 77.7 Å². The minimum atomic E-state index is -4.76. The summed E-state index contributed by atoms with van der Waals surface area (Å²) >= 11 is 12.3. The maximum Gasteiger partial charge on any atom is 0.416 e. The fourth-order valence-electron chi connectivity index (χ4n) is 5.38. The van der Waals surface area contributed by atoms with E-state index in [0.29, 0.717) is 15.9 Å². The Morgan fingerprint density at radius 2 is 1.62 bits per heavy atom. The van der Waals surface area contributed by atoms with Gasteiger partial charge in [-0.25, -0.2) is 8.42 Å². The van der Waals surface area contributed by atoms with Gasteiger partial charge in [-0.05, 0) is 67.3 Å². The number of amides is 2. The van der Waals surface area contributed by atoms with Gasteiger partial charge >= 0.3 is 6.18 Å². The number of nitrogens with one attached hydrogen (secondary N) is 1. The van der Waals surface area contributed by atoms with Gasteiger partial charge in [-0.3, -0.25) is 13.9 Å². The summed E-state index contributed by atoms with van der Waals surface area (Å²) in [4.78, 5) is 28.9. The largest absolute Gasteiger partial charge is 0.416 e. The van der Waals surface area contributed by atoms with E-state index >= 15 is 0 Å². The number of carbonyl (C=O) groups is 2. The molecule has 0 bridgehead atoms. The van der Waals surface area contributed by atoms with Crippen LogP contribution in [-0.2, 0) is 32.3 Å². The molecule has 1 aliphatic carbocycles. The molecule has 1 aliphatic rings. The van der Waals surface area contributed by atoms with Crippen LogP contribution >= 0.6 is 23.2 Å². The Kier molecular flexibility index (Phi) is 11.4. The first-order chi connectivity index (χ1) is 21.3. The average Bonchev–Trinajstić information content (AvgIpc) is 3.02. The van der Waals surface area contributed by atoms with Crippen molar-refractivity contribution in [2.75, 3.05) is 10.8 Å². The van der Waals surface area contributed by atoms with E-state index < -0.39 is 46.2 Å². The second-order valence-electron chi connectivity index (χ2n) is 10.9. The molecule has 13 heteroatoms. The zero-order valence-corrected chi connectivity index (χ0v) is 26.9. The van der Waals surface area contributed by atoms with Crippen molar-refractivity contribution in [3.05, 3.63) is 94.0 Å². The standard InChI is InChI=1S/C32H34Cl2F3N3O4S/c1-2-29(31(42)38-24-11-5-3-6-12-24)39(20-22-16-17-27(33)28(34)18-22)30(41)21-40(45(43,44)26-14-7-4-8-15-26)25-13-9-10-23(19-25)32(35,36)37/h4,7-10,13-19,24,29H,2-3,5-6,11-12,20-21H2,1H3,(H,38,42)/t29-/m1/s1. The van der Waals surface area contributed by atoms with E-state index in [4.69, 9.17) is 23.2 Å². The molecule has 0 saturated heterocycles. The van der Waals surface area contributed by atoms with Crippen molar-refractivity contribution >= 4 is 50.7 Å². The van der Waals surface area contributed by atoms with Crippen LogP contribution < -0.4 is 9.62 Å². The lowest BCUT2D eigenvalue weighted by atomic mass is 9.95. The Labute approximate surface area is 271 Å². The summed E-state index contributed by atoms with van der Waals surface area (Å²) in [5, 5.41) is 3.54. The summed E-state index contributed by atoms with van der Waals surface area (Å²) < 4.78 is 69.4. The van der Waals surface area contributed by atoms with Crippen LogP contribution in [0.5, 0.6) is 0 Å². The van der Waals surface area contributed by atoms with Crippen LogP contribution in [0.1, 0.15) is 56.6 Å². The van der Waals surface area contributed by atoms with Gasteiger partial charge in [0, 0.05) is 12.6 Å². The molecule has 0 heterocycles. The van der Waals surface area contributed by atoms with Gasteiger partial charge in [0.1, 0.15) is 12.6 Å². The molecule has 0 unspecified atom stereocenters. The molecular weight excluding hydrogens is 650 g/mol. The maximum absolute atomic E-state index is 14.2. The first-order valence-electron chi connectivity index (χ1n) is 14.6. The number of carbonyl (C=O) groups excluding carboxylic acids is 2. The van der Waals surface area contributed by atoms with Crippen LogP contribution in [0.3, 0.4) is 0 Å². The van der Waals surface area contributed by atoms with Gasteiger partial charge in [0.2, 0.25) is 11.8 Å². The number of halogens is 5. The molecule has 45 heavy (non-hydrogen) atoms. The summed E-state index contributed by atoms with van der Waals surface area (Å²) in [6, 6.07) is 14.6. The third kappa shape index (κ3) is 8.71. The maximum atomic E-state index is 14.2. The minimum Gasteiger partial charge on any atom is -0.352 e. The van der Waals surface area contributed by atoms with Gasteiger partial charge in [0.25, 0.3) is 10.0 Å². The third-order valence-electron chi connectivity index (χ3n) is 7.75. The molecule has 3 aromatic rings. The number of benzene rings is 3. The van der Waals surface area contributed by atoms with Crippen molar-refractivity contribution in [3.8, 4) is 0 Å². The molecule has 0 aliphatic heterocycles. The zero-order valence-electron chi connectivity index (χ0n) is 24.6. The zero-order chi connectivity index (χ0) is 32.8. The molecule has 0 radical (unpaired) electrons. The summed E-state index contributed by atoms with van der Waals surface area (Å²) in [6.45, 7) is 0.729. The predicted molar refractivity (Wildman–Crippen MR) is 169 cm³/mol. The highest BCUT2D eigenvalue weighted by molar-refractivity contribution is 7.92. The lowest BCUT2D eigenvalue weighted by Gasteiger charge is -2.34.